The third-order valence-corrected chi connectivity index (χ3v) is 5.51. The number of hydrogen-bond acceptors (Lipinski definition) is 4. The van der Waals surface area contributed by atoms with Gasteiger partial charge in [0.2, 0.25) is 5.91 Å². The molecule has 2 unspecified atom stereocenters. The van der Waals surface area contributed by atoms with Crippen molar-refractivity contribution in [3.05, 3.63) is 70.5 Å². The van der Waals surface area contributed by atoms with Crippen molar-refractivity contribution < 1.29 is 9.59 Å². The number of carbonyl (C=O) groups is 2. The number of pyridine rings is 1. The molecule has 2 heterocycles. The van der Waals surface area contributed by atoms with E-state index in [0.29, 0.717) is 28.5 Å². The number of amides is 1. The number of ketones is 1. The maximum Gasteiger partial charge on any atom is 0.235 e. The van der Waals surface area contributed by atoms with Gasteiger partial charge in [-0.15, -0.1) is 0 Å². The molecular formula is C22H20ClN3O2. The standard InChI is InChI=1S/C22H20ClN3O2/c1-13-19(22(28)26-18-7-2-3-12-24-18)20(14-8-10-15(23)11-9-14)21-16(25-13)5-4-6-17(21)27/h2-3,7-12,19-20H,4-6H2,1H3,(H,24,26,28). The molecule has 1 aromatic carbocycles. The number of rotatable bonds is 3. The fraction of sp³-hybridized carbons (Fsp3) is 0.273. The topological polar surface area (TPSA) is 71.4 Å². The maximum absolute atomic E-state index is 13.2. The Balaban J connectivity index is 1.78. The predicted molar refractivity (Wildman–Crippen MR) is 110 cm³/mol. The molecule has 1 N–H and O–H groups in total. The summed E-state index contributed by atoms with van der Waals surface area (Å²) < 4.78 is 0. The van der Waals surface area contributed by atoms with Gasteiger partial charge in [-0.1, -0.05) is 29.8 Å². The van der Waals surface area contributed by atoms with Crippen LogP contribution < -0.4 is 5.32 Å². The summed E-state index contributed by atoms with van der Waals surface area (Å²) in [5, 5.41) is 3.49. The Bertz CT molecular complexity index is 981. The van der Waals surface area contributed by atoms with Crippen LogP contribution in [0.1, 0.15) is 37.7 Å². The molecule has 0 spiro atoms. The Morgan fingerprint density at radius 3 is 2.64 bits per heavy atom. The van der Waals surface area contributed by atoms with Gasteiger partial charge in [-0.05, 0) is 49.6 Å². The summed E-state index contributed by atoms with van der Waals surface area (Å²) in [6, 6.07) is 12.7. The quantitative estimate of drug-likeness (QED) is 0.831. The lowest BCUT2D eigenvalue weighted by molar-refractivity contribution is -0.119. The van der Waals surface area contributed by atoms with Crippen LogP contribution in [0, 0.1) is 5.92 Å². The van der Waals surface area contributed by atoms with Crippen molar-refractivity contribution in [2.24, 2.45) is 10.9 Å². The minimum absolute atomic E-state index is 0.0769. The van der Waals surface area contributed by atoms with Crippen LogP contribution in [0.5, 0.6) is 0 Å². The number of halogens is 1. The number of allylic oxidation sites excluding steroid dienone is 2. The van der Waals surface area contributed by atoms with E-state index in [2.05, 4.69) is 15.3 Å². The van der Waals surface area contributed by atoms with Crippen molar-refractivity contribution in [1.29, 1.82) is 0 Å². The first-order valence-corrected chi connectivity index (χ1v) is 9.71. The minimum Gasteiger partial charge on any atom is -0.310 e. The van der Waals surface area contributed by atoms with Crippen molar-refractivity contribution in [1.82, 2.24) is 4.98 Å². The van der Waals surface area contributed by atoms with Gasteiger partial charge >= 0.3 is 0 Å². The zero-order valence-electron chi connectivity index (χ0n) is 15.5. The molecule has 2 aromatic rings. The minimum atomic E-state index is -0.580. The second-order valence-electron chi connectivity index (χ2n) is 7.10. The summed E-state index contributed by atoms with van der Waals surface area (Å²) >= 11 is 6.06. The molecule has 1 amide bonds. The largest absolute Gasteiger partial charge is 0.310 e. The average molecular weight is 394 g/mol. The highest BCUT2D eigenvalue weighted by atomic mass is 35.5. The van der Waals surface area contributed by atoms with E-state index in [9.17, 15) is 9.59 Å². The fourth-order valence-electron chi connectivity index (χ4n) is 4.02. The molecule has 1 aromatic heterocycles. The van der Waals surface area contributed by atoms with Gasteiger partial charge in [-0.25, -0.2) is 4.98 Å². The van der Waals surface area contributed by atoms with Crippen LogP contribution in [0.15, 0.2) is 64.9 Å². The highest BCUT2D eigenvalue weighted by Gasteiger charge is 2.42. The first kappa shape index (κ1) is 18.6. The van der Waals surface area contributed by atoms with Crippen LogP contribution >= 0.6 is 11.6 Å². The summed E-state index contributed by atoms with van der Waals surface area (Å²) in [4.78, 5) is 34.9. The summed E-state index contributed by atoms with van der Waals surface area (Å²) in [6.07, 6.45) is 3.68. The Hall–Kier alpha value is -2.79. The molecule has 1 aliphatic heterocycles. The number of anilines is 1. The first-order valence-electron chi connectivity index (χ1n) is 9.33. The van der Waals surface area contributed by atoms with Crippen LogP contribution in [-0.4, -0.2) is 22.4 Å². The molecule has 5 nitrogen and oxygen atoms in total. The number of aromatic nitrogens is 1. The second kappa shape index (κ2) is 7.68. The van der Waals surface area contributed by atoms with E-state index < -0.39 is 5.92 Å². The highest BCUT2D eigenvalue weighted by molar-refractivity contribution is 6.30. The molecule has 0 radical (unpaired) electrons. The number of hydrogen-bond donors (Lipinski definition) is 1. The lowest BCUT2D eigenvalue weighted by atomic mass is 9.71. The van der Waals surface area contributed by atoms with Crippen molar-refractivity contribution in [3.8, 4) is 0 Å². The number of nitrogens with one attached hydrogen (secondary N) is 1. The van der Waals surface area contributed by atoms with E-state index in [1.807, 2.05) is 25.1 Å². The molecular weight excluding hydrogens is 374 g/mol. The SMILES string of the molecule is CC1=NC2=C(C(=O)CCC2)C(c2ccc(Cl)cc2)C1C(=O)Nc1ccccn1. The van der Waals surface area contributed by atoms with Crippen LogP contribution in [0.4, 0.5) is 5.82 Å². The molecule has 6 heteroatoms. The van der Waals surface area contributed by atoms with Gasteiger partial charge in [0, 0.05) is 40.5 Å². The second-order valence-corrected chi connectivity index (χ2v) is 7.54. The Kier molecular flexibility index (Phi) is 5.09. The van der Waals surface area contributed by atoms with Crippen molar-refractivity contribution >= 4 is 34.8 Å². The lowest BCUT2D eigenvalue weighted by Crippen LogP contribution is -2.39. The summed E-state index contributed by atoms with van der Waals surface area (Å²) in [5.41, 5.74) is 3.08. The number of nitrogens with zero attached hydrogens (tertiary/aromatic N) is 2. The van der Waals surface area contributed by atoms with E-state index in [0.717, 1.165) is 24.1 Å². The first-order chi connectivity index (χ1) is 13.5. The Morgan fingerprint density at radius 2 is 1.93 bits per heavy atom. The molecule has 0 fully saturated rings. The maximum atomic E-state index is 13.2. The number of carbonyl (C=O) groups excluding carboxylic acids is 2. The fourth-order valence-corrected chi connectivity index (χ4v) is 4.14. The average Bonchev–Trinajstić information content (AvgIpc) is 2.68. The molecule has 2 aliphatic rings. The van der Waals surface area contributed by atoms with E-state index in [1.165, 1.54) is 0 Å². The zero-order chi connectivity index (χ0) is 19.7. The number of benzene rings is 1. The molecule has 2 atom stereocenters. The lowest BCUT2D eigenvalue weighted by Gasteiger charge is -2.35. The highest BCUT2D eigenvalue weighted by Crippen LogP contribution is 2.43. The van der Waals surface area contributed by atoms with Crippen LogP contribution in [0.3, 0.4) is 0 Å². The van der Waals surface area contributed by atoms with Gasteiger partial charge in [0.1, 0.15) is 5.82 Å². The molecule has 142 valence electrons. The Morgan fingerprint density at radius 1 is 1.14 bits per heavy atom. The van der Waals surface area contributed by atoms with Crippen molar-refractivity contribution in [3.63, 3.8) is 0 Å². The Labute approximate surface area is 168 Å². The van der Waals surface area contributed by atoms with E-state index in [4.69, 9.17) is 11.6 Å². The van der Waals surface area contributed by atoms with Gasteiger partial charge in [-0.2, -0.15) is 0 Å². The summed E-state index contributed by atoms with van der Waals surface area (Å²) in [7, 11) is 0. The van der Waals surface area contributed by atoms with E-state index in [1.54, 1.807) is 30.5 Å². The normalized spacial score (nSPS) is 21.8. The summed E-state index contributed by atoms with van der Waals surface area (Å²) in [6.45, 7) is 1.86. The van der Waals surface area contributed by atoms with E-state index in [-0.39, 0.29) is 17.6 Å². The van der Waals surface area contributed by atoms with Gasteiger partial charge in [0.15, 0.2) is 5.78 Å². The van der Waals surface area contributed by atoms with Gasteiger partial charge in [-0.3, -0.25) is 14.6 Å². The van der Waals surface area contributed by atoms with Crippen molar-refractivity contribution in [2.75, 3.05) is 5.32 Å². The van der Waals surface area contributed by atoms with Gasteiger partial charge in [0.25, 0.3) is 0 Å². The molecule has 4 rings (SSSR count). The molecule has 28 heavy (non-hydrogen) atoms. The number of Topliss-reactive ketones (excluding diaryl/α,β-unsaturated/α-hetero) is 1. The summed E-state index contributed by atoms with van der Waals surface area (Å²) in [5.74, 6) is -0.618. The molecule has 0 saturated carbocycles. The van der Waals surface area contributed by atoms with Crippen LogP contribution in [0.25, 0.3) is 0 Å². The predicted octanol–water partition coefficient (Wildman–Crippen LogP) is 4.56. The van der Waals surface area contributed by atoms with Gasteiger partial charge < -0.3 is 5.32 Å². The van der Waals surface area contributed by atoms with E-state index >= 15 is 0 Å². The van der Waals surface area contributed by atoms with Crippen LogP contribution in [-0.2, 0) is 9.59 Å². The third-order valence-electron chi connectivity index (χ3n) is 5.26. The van der Waals surface area contributed by atoms with Crippen molar-refractivity contribution in [2.45, 2.75) is 32.1 Å². The van der Waals surface area contributed by atoms with Crippen LogP contribution in [0.2, 0.25) is 5.02 Å². The van der Waals surface area contributed by atoms with Gasteiger partial charge in [0.05, 0.1) is 5.92 Å². The molecule has 1 aliphatic carbocycles. The molecule has 0 bridgehead atoms. The third kappa shape index (κ3) is 3.50. The molecule has 0 saturated heterocycles. The zero-order valence-corrected chi connectivity index (χ0v) is 16.2. The number of aliphatic imine (C=N–C) groups is 1. The smallest absolute Gasteiger partial charge is 0.235 e. The monoisotopic (exact) mass is 393 g/mol.